The van der Waals surface area contributed by atoms with Crippen LogP contribution < -0.4 is 15.6 Å². The number of hydrogen-bond donors (Lipinski definition) is 1. The Morgan fingerprint density at radius 1 is 1.08 bits per heavy atom. The fraction of sp³-hybridized carbons (Fsp3) is 0.167. The molecule has 196 valence electrons. The van der Waals surface area contributed by atoms with E-state index in [1.165, 1.54) is 34.7 Å². The highest BCUT2D eigenvalue weighted by atomic mass is 16.5. The first-order valence-corrected chi connectivity index (χ1v) is 12.2. The van der Waals surface area contributed by atoms with E-state index in [2.05, 4.69) is 10.3 Å². The van der Waals surface area contributed by atoms with Crippen LogP contribution in [0.1, 0.15) is 39.5 Å². The molecule has 2 heterocycles. The number of esters is 1. The Balaban J connectivity index is 1.74. The molecule has 2 aromatic carbocycles. The molecular formula is C30H26N4O5. The smallest absolute Gasteiger partial charge is 0.338 e. The molecule has 9 nitrogen and oxygen atoms in total. The van der Waals surface area contributed by atoms with Crippen LogP contribution in [0.5, 0.6) is 11.6 Å². The number of benzene rings is 2. The highest BCUT2D eigenvalue weighted by molar-refractivity contribution is 6.10. The first-order valence-electron chi connectivity index (χ1n) is 12.2. The summed E-state index contributed by atoms with van der Waals surface area (Å²) in [5.74, 6) is -0.786. The molecule has 0 saturated carbocycles. The SMILES string of the molecule is CCOC(=O)c1ccc(NC(=O)/C(C#N)=C\c2c(Oc3cc(C)cc(C)c3)nc3c(C)cccn3c2=O)cc1. The molecular weight excluding hydrogens is 496 g/mol. The van der Waals surface area contributed by atoms with Gasteiger partial charge in [0.25, 0.3) is 11.5 Å². The van der Waals surface area contributed by atoms with Gasteiger partial charge in [-0.2, -0.15) is 10.2 Å². The lowest BCUT2D eigenvalue weighted by molar-refractivity contribution is -0.112. The Labute approximate surface area is 225 Å². The predicted octanol–water partition coefficient (Wildman–Crippen LogP) is 5.13. The zero-order chi connectivity index (χ0) is 28.1. The molecule has 0 saturated heterocycles. The topological polar surface area (TPSA) is 123 Å². The van der Waals surface area contributed by atoms with Crippen molar-refractivity contribution in [1.29, 1.82) is 5.26 Å². The number of rotatable bonds is 7. The number of carbonyl (C=O) groups is 2. The molecule has 4 rings (SSSR count). The van der Waals surface area contributed by atoms with E-state index in [9.17, 15) is 19.6 Å². The summed E-state index contributed by atoms with van der Waals surface area (Å²) in [5, 5.41) is 12.4. The van der Waals surface area contributed by atoms with Crippen LogP contribution in [-0.2, 0) is 9.53 Å². The van der Waals surface area contributed by atoms with Gasteiger partial charge in [0, 0.05) is 11.9 Å². The number of aromatic nitrogens is 2. The Morgan fingerprint density at radius 3 is 2.41 bits per heavy atom. The molecule has 0 aliphatic carbocycles. The zero-order valence-electron chi connectivity index (χ0n) is 21.9. The van der Waals surface area contributed by atoms with Crippen LogP contribution in [0, 0.1) is 32.1 Å². The van der Waals surface area contributed by atoms with Crippen LogP contribution in [0.15, 0.2) is 71.2 Å². The van der Waals surface area contributed by atoms with Gasteiger partial charge in [-0.05, 0) is 92.9 Å². The number of fused-ring (bicyclic) bond motifs is 1. The predicted molar refractivity (Wildman–Crippen MR) is 147 cm³/mol. The lowest BCUT2D eigenvalue weighted by atomic mass is 10.1. The minimum atomic E-state index is -0.743. The molecule has 0 fully saturated rings. The number of pyridine rings is 1. The van der Waals surface area contributed by atoms with Crippen LogP contribution in [0.3, 0.4) is 0 Å². The standard InChI is InChI=1S/C30H26N4O5/c1-5-38-30(37)21-8-10-23(11-9-21)32-27(35)22(17-31)16-25-28(39-24-14-18(2)13-19(3)15-24)33-26-20(4)7-6-12-34(26)29(25)36/h6-16H,5H2,1-4H3,(H,32,35)/b22-16-. The number of aryl methyl sites for hydroxylation is 3. The molecule has 1 amide bonds. The van der Waals surface area contributed by atoms with Gasteiger partial charge in [-0.3, -0.25) is 14.0 Å². The monoisotopic (exact) mass is 522 g/mol. The zero-order valence-corrected chi connectivity index (χ0v) is 21.9. The Kier molecular flexibility index (Phi) is 7.87. The summed E-state index contributed by atoms with van der Waals surface area (Å²) in [7, 11) is 0. The van der Waals surface area contributed by atoms with Crippen molar-refractivity contribution >= 4 is 29.3 Å². The van der Waals surface area contributed by atoms with Crippen molar-refractivity contribution in [3.8, 4) is 17.7 Å². The average molecular weight is 523 g/mol. The van der Waals surface area contributed by atoms with Crippen LogP contribution >= 0.6 is 0 Å². The lowest BCUT2D eigenvalue weighted by Crippen LogP contribution is -2.20. The first kappa shape index (κ1) is 26.8. The van der Waals surface area contributed by atoms with Crippen molar-refractivity contribution in [3.05, 3.63) is 105 Å². The Morgan fingerprint density at radius 2 is 1.77 bits per heavy atom. The van der Waals surface area contributed by atoms with Crippen molar-refractivity contribution in [2.75, 3.05) is 11.9 Å². The molecule has 0 bridgehead atoms. The number of nitriles is 1. The summed E-state index contributed by atoms with van der Waals surface area (Å²) >= 11 is 0. The largest absolute Gasteiger partial charge is 0.462 e. The van der Waals surface area contributed by atoms with E-state index < -0.39 is 17.4 Å². The maximum atomic E-state index is 13.5. The number of carbonyl (C=O) groups excluding carboxylic acids is 2. The fourth-order valence-corrected chi connectivity index (χ4v) is 3.99. The number of nitrogens with zero attached hydrogens (tertiary/aromatic N) is 3. The summed E-state index contributed by atoms with van der Waals surface area (Å²) < 4.78 is 12.4. The third-order valence-electron chi connectivity index (χ3n) is 5.77. The van der Waals surface area contributed by atoms with Crippen LogP contribution in [0.4, 0.5) is 5.69 Å². The van der Waals surface area contributed by atoms with Crippen molar-refractivity contribution in [2.45, 2.75) is 27.7 Å². The van der Waals surface area contributed by atoms with Crippen molar-refractivity contribution < 1.29 is 19.1 Å². The summed E-state index contributed by atoms with van der Waals surface area (Å²) in [6.45, 7) is 7.61. The normalized spacial score (nSPS) is 11.1. The second kappa shape index (κ2) is 11.4. The second-order valence-electron chi connectivity index (χ2n) is 8.87. The van der Waals surface area contributed by atoms with Crippen molar-refractivity contribution in [2.24, 2.45) is 0 Å². The van der Waals surface area contributed by atoms with Gasteiger partial charge in [0.15, 0.2) is 0 Å². The summed E-state index contributed by atoms with van der Waals surface area (Å²) in [4.78, 5) is 43.0. The van der Waals surface area contributed by atoms with Gasteiger partial charge in [0.2, 0.25) is 5.88 Å². The van der Waals surface area contributed by atoms with E-state index in [-0.39, 0.29) is 23.6 Å². The summed E-state index contributed by atoms with van der Waals surface area (Å²) in [5.41, 5.74) is 2.85. The van der Waals surface area contributed by atoms with Crippen molar-refractivity contribution in [3.63, 3.8) is 0 Å². The van der Waals surface area contributed by atoms with Crippen molar-refractivity contribution in [1.82, 2.24) is 9.38 Å². The van der Waals surface area contributed by atoms with Gasteiger partial charge in [0.1, 0.15) is 28.6 Å². The van der Waals surface area contributed by atoms with Crippen LogP contribution in [-0.4, -0.2) is 27.9 Å². The third kappa shape index (κ3) is 6.02. The molecule has 0 aliphatic rings. The Hall–Kier alpha value is -5.23. The van der Waals surface area contributed by atoms with E-state index in [4.69, 9.17) is 9.47 Å². The molecule has 0 aliphatic heterocycles. The number of nitrogens with one attached hydrogen (secondary N) is 1. The number of amides is 1. The lowest BCUT2D eigenvalue weighted by Gasteiger charge is -2.12. The molecule has 1 N–H and O–H groups in total. The highest BCUT2D eigenvalue weighted by Gasteiger charge is 2.19. The van der Waals surface area contributed by atoms with Gasteiger partial charge in [-0.1, -0.05) is 12.1 Å². The van der Waals surface area contributed by atoms with Gasteiger partial charge in [0.05, 0.1) is 12.2 Å². The highest BCUT2D eigenvalue weighted by Crippen LogP contribution is 2.26. The third-order valence-corrected chi connectivity index (χ3v) is 5.77. The van der Waals surface area contributed by atoms with E-state index >= 15 is 0 Å². The molecule has 2 aromatic heterocycles. The van der Waals surface area contributed by atoms with Crippen LogP contribution in [0.2, 0.25) is 0 Å². The van der Waals surface area contributed by atoms with E-state index in [1.807, 2.05) is 39.0 Å². The molecule has 0 spiro atoms. The van der Waals surface area contributed by atoms with E-state index in [1.54, 1.807) is 31.3 Å². The van der Waals surface area contributed by atoms with Gasteiger partial charge in [-0.25, -0.2) is 4.79 Å². The van der Waals surface area contributed by atoms with Gasteiger partial charge < -0.3 is 14.8 Å². The maximum Gasteiger partial charge on any atom is 0.338 e. The molecule has 0 atom stereocenters. The minimum Gasteiger partial charge on any atom is -0.462 e. The van der Waals surface area contributed by atoms with E-state index in [0.717, 1.165) is 16.7 Å². The Bertz CT molecular complexity index is 1690. The van der Waals surface area contributed by atoms with E-state index in [0.29, 0.717) is 22.6 Å². The fourth-order valence-electron chi connectivity index (χ4n) is 3.99. The van der Waals surface area contributed by atoms with Crippen LogP contribution in [0.25, 0.3) is 11.7 Å². The quantitative estimate of drug-likeness (QED) is 0.203. The minimum absolute atomic E-state index is 0.0290. The summed E-state index contributed by atoms with van der Waals surface area (Å²) in [6, 6.07) is 17.0. The molecule has 0 unspecified atom stereocenters. The molecule has 39 heavy (non-hydrogen) atoms. The molecule has 0 radical (unpaired) electrons. The average Bonchev–Trinajstić information content (AvgIpc) is 2.89. The second-order valence-corrected chi connectivity index (χ2v) is 8.87. The molecule has 4 aromatic rings. The first-order chi connectivity index (χ1) is 18.7. The maximum absolute atomic E-state index is 13.5. The van der Waals surface area contributed by atoms with Gasteiger partial charge in [-0.15, -0.1) is 0 Å². The van der Waals surface area contributed by atoms with Gasteiger partial charge >= 0.3 is 5.97 Å². The number of hydrogen-bond acceptors (Lipinski definition) is 7. The number of anilines is 1. The summed E-state index contributed by atoms with van der Waals surface area (Å²) in [6.07, 6.45) is 2.73. The molecule has 9 heteroatoms. The number of ether oxygens (including phenoxy) is 2.